The van der Waals surface area contributed by atoms with Gasteiger partial charge in [0.15, 0.2) is 0 Å². The minimum absolute atomic E-state index is 0.339. The summed E-state index contributed by atoms with van der Waals surface area (Å²) in [6.07, 6.45) is -3.14. The molecule has 0 aliphatic rings. The number of carbonyl (C=O) groups excluding carboxylic acids is 1. The molecule has 6 nitrogen and oxygen atoms in total. The Morgan fingerprint density at radius 2 is 2.10 bits per heavy atom. The van der Waals surface area contributed by atoms with Gasteiger partial charge in [0, 0.05) is 39.0 Å². The summed E-state index contributed by atoms with van der Waals surface area (Å²) in [5.41, 5.74) is -3.11. The first-order chi connectivity index (χ1) is 9.22. The van der Waals surface area contributed by atoms with Crippen LogP contribution in [0.15, 0.2) is 12.4 Å². The average Bonchev–Trinajstić information content (AvgIpc) is 2.74. The molecule has 0 aromatic carbocycles. The molecule has 0 spiro atoms. The molecule has 0 fully saturated rings. The smallest absolute Gasteiger partial charge is 0.374 e. The van der Waals surface area contributed by atoms with Crippen LogP contribution in [-0.2, 0) is 12.6 Å². The fourth-order valence-corrected chi connectivity index (χ4v) is 1.72. The predicted molar refractivity (Wildman–Crippen MR) is 64.9 cm³/mol. The second kappa shape index (κ2) is 6.12. The number of hydrogen-bond donors (Lipinski definition) is 3. The Balaban J connectivity index is 2.82. The first kappa shape index (κ1) is 16.3. The first-order valence-corrected chi connectivity index (χ1v) is 6.01. The number of rotatable bonds is 5. The van der Waals surface area contributed by atoms with Crippen LogP contribution in [0.25, 0.3) is 0 Å². The van der Waals surface area contributed by atoms with E-state index in [1.807, 2.05) is 0 Å². The number of aromatic nitrogens is 2. The maximum Gasteiger partial charge on any atom is 0.424 e. The van der Waals surface area contributed by atoms with E-state index in [1.165, 1.54) is 19.4 Å². The van der Waals surface area contributed by atoms with Crippen molar-refractivity contribution >= 4 is 6.03 Å². The second-order valence-corrected chi connectivity index (χ2v) is 4.26. The van der Waals surface area contributed by atoms with Gasteiger partial charge in [0.1, 0.15) is 5.82 Å². The molecule has 114 valence electrons. The van der Waals surface area contributed by atoms with Gasteiger partial charge in [0.05, 0.1) is 0 Å². The van der Waals surface area contributed by atoms with Gasteiger partial charge in [-0.2, -0.15) is 13.2 Å². The minimum atomic E-state index is -4.89. The Labute approximate surface area is 114 Å². The molecule has 0 radical (unpaired) electrons. The van der Waals surface area contributed by atoms with Gasteiger partial charge < -0.3 is 20.3 Å². The summed E-state index contributed by atoms with van der Waals surface area (Å²) in [4.78, 5) is 14.7. The second-order valence-electron chi connectivity index (χ2n) is 4.26. The molecule has 2 amide bonds. The highest BCUT2D eigenvalue weighted by atomic mass is 19.4. The maximum absolute atomic E-state index is 13.1. The van der Waals surface area contributed by atoms with Gasteiger partial charge in [-0.15, -0.1) is 0 Å². The van der Waals surface area contributed by atoms with Crippen LogP contribution < -0.4 is 10.6 Å². The molecule has 0 aliphatic carbocycles. The average molecular weight is 294 g/mol. The maximum atomic E-state index is 13.1. The number of imidazole rings is 1. The lowest BCUT2D eigenvalue weighted by atomic mass is 9.97. The Kier molecular flexibility index (Phi) is 4.98. The third kappa shape index (κ3) is 3.41. The van der Waals surface area contributed by atoms with E-state index in [0.717, 1.165) is 4.57 Å². The highest BCUT2D eigenvalue weighted by molar-refractivity contribution is 5.73. The van der Waals surface area contributed by atoms with Crippen molar-refractivity contribution in [3.63, 3.8) is 0 Å². The van der Waals surface area contributed by atoms with Crippen LogP contribution in [0.2, 0.25) is 0 Å². The van der Waals surface area contributed by atoms with Crippen LogP contribution in [0.3, 0.4) is 0 Å². The molecule has 20 heavy (non-hydrogen) atoms. The quantitative estimate of drug-likeness (QED) is 0.754. The van der Waals surface area contributed by atoms with Crippen LogP contribution in [0.4, 0.5) is 18.0 Å². The summed E-state index contributed by atoms with van der Waals surface area (Å²) in [6, 6.07) is -0.586. The molecular weight excluding hydrogens is 277 g/mol. The van der Waals surface area contributed by atoms with Crippen molar-refractivity contribution in [2.45, 2.75) is 25.1 Å². The topological polar surface area (TPSA) is 79.2 Å². The van der Waals surface area contributed by atoms with Gasteiger partial charge in [-0.1, -0.05) is 0 Å². The SMILES string of the molecule is CCNC(=O)NCC[C@@](O)(c1nccn1C)C(F)(F)F. The standard InChI is InChI=1S/C11H17F3N4O2/c1-3-15-9(19)17-5-4-10(20,11(12,13)14)8-16-6-7-18(8)2/h6-7,20H,3-5H2,1-2H3,(H2,15,17,19)/t10-/m1/s1. The third-order valence-electron chi connectivity index (χ3n) is 2.77. The number of halogens is 3. The van der Waals surface area contributed by atoms with Crippen molar-refractivity contribution < 1.29 is 23.1 Å². The van der Waals surface area contributed by atoms with Gasteiger partial charge in [-0.3, -0.25) is 0 Å². The van der Waals surface area contributed by atoms with Crippen LogP contribution in [0, 0.1) is 0 Å². The monoisotopic (exact) mass is 294 g/mol. The van der Waals surface area contributed by atoms with Crippen molar-refractivity contribution in [2.24, 2.45) is 7.05 Å². The van der Waals surface area contributed by atoms with Crippen LogP contribution in [0.5, 0.6) is 0 Å². The lowest BCUT2D eigenvalue weighted by molar-refractivity contribution is -0.272. The van der Waals surface area contributed by atoms with Gasteiger partial charge in [-0.05, 0) is 6.92 Å². The number of urea groups is 1. The molecule has 0 saturated heterocycles. The zero-order chi connectivity index (χ0) is 15.4. The molecular formula is C11H17F3N4O2. The van der Waals surface area contributed by atoms with E-state index in [0.29, 0.717) is 6.54 Å². The Hall–Kier alpha value is -1.77. The number of carbonyl (C=O) groups is 1. The number of aliphatic hydroxyl groups is 1. The largest absolute Gasteiger partial charge is 0.424 e. The molecule has 0 bridgehead atoms. The highest BCUT2D eigenvalue weighted by Crippen LogP contribution is 2.40. The molecule has 0 saturated carbocycles. The van der Waals surface area contributed by atoms with Crippen molar-refractivity contribution in [1.29, 1.82) is 0 Å². The Morgan fingerprint density at radius 3 is 2.55 bits per heavy atom. The molecule has 1 heterocycles. The molecule has 1 rings (SSSR count). The summed E-state index contributed by atoms with van der Waals surface area (Å²) in [7, 11) is 1.36. The molecule has 0 aliphatic heterocycles. The van der Waals surface area contributed by atoms with E-state index >= 15 is 0 Å². The molecule has 1 aromatic heterocycles. The molecule has 3 N–H and O–H groups in total. The van der Waals surface area contributed by atoms with Crippen LogP contribution in [-0.4, -0.2) is 40.0 Å². The van der Waals surface area contributed by atoms with Crippen molar-refractivity contribution in [3.8, 4) is 0 Å². The van der Waals surface area contributed by atoms with Crippen LogP contribution >= 0.6 is 0 Å². The van der Waals surface area contributed by atoms with E-state index in [1.54, 1.807) is 6.92 Å². The van der Waals surface area contributed by atoms with Gasteiger partial charge in [0.25, 0.3) is 0 Å². The van der Waals surface area contributed by atoms with E-state index in [-0.39, 0.29) is 6.54 Å². The normalized spacial score (nSPS) is 14.7. The highest BCUT2D eigenvalue weighted by Gasteiger charge is 2.57. The Morgan fingerprint density at radius 1 is 1.45 bits per heavy atom. The molecule has 1 atom stereocenters. The summed E-state index contributed by atoms with van der Waals surface area (Å²) < 4.78 is 40.4. The summed E-state index contributed by atoms with van der Waals surface area (Å²) in [6.45, 7) is 1.70. The van der Waals surface area contributed by atoms with Crippen molar-refractivity contribution in [1.82, 2.24) is 20.2 Å². The minimum Gasteiger partial charge on any atom is -0.374 e. The first-order valence-electron chi connectivity index (χ1n) is 6.01. The number of alkyl halides is 3. The molecule has 1 aromatic rings. The van der Waals surface area contributed by atoms with E-state index in [9.17, 15) is 23.1 Å². The lowest BCUT2D eigenvalue weighted by Crippen LogP contribution is -2.47. The number of aryl methyl sites for hydroxylation is 1. The van der Waals surface area contributed by atoms with E-state index < -0.39 is 30.1 Å². The van der Waals surface area contributed by atoms with Gasteiger partial charge >= 0.3 is 12.2 Å². The number of nitrogens with zero attached hydrogens (tertiary/aromatic N) is 2. The summed E-state index contributed by atoms with van der Waals surface area (Å²) in [5, 5.41) is 14.6. The summed E-state index contributed by atoms with van der Waals surface area (Å²) in [5.74, 6) is -0.511. The lowest BCUT2D eigenvalue weighted by Gasteiger charge is -2.29. The third-order valence-corrected chi connectivity index (χ3v) is 2.77. The Bertz CT molecular complexity index is 461. The van der Waals surface area contributed by atoms with Gasteiger partial charge in [-0.25, -0.2) is 9.78 Å². The van der Waals surface area contributed by atoms with E-state index in [4.69, 9.17) is 0 Å². The zero-order valence-electron chi connectivity index (χ0n) is 11.2. The molecule has 0 unspecified atom stereocenters. The summed E-state index contributed by atoms with van der Waals surface area (Å²) >= 11 is 0. The fourth-order valence-electron chi connectivity index (χ4n) is 1.72. The number of nitrogens with one attached hydrogen (secondary N) is 2. The van der Waals surface area contributed by atoms with Gasteiger partial charge in [0.2, 0.25) is 5.60 Å². The molecule has 9 heteroatoms. The van der Waals surface area contributed by atoms with Crippen molar-refractivity contribution in [3.05, 3.63) is 18.2 Å². The van der Waals surface area contributed by atoms with E-state index in [2.05, 4.69) is 15.6 Å². The predicted octanol–water partition coefficient (Wildman–Crippen LogP) is 0.879. The number of hydrogen-bond acceptors (Lipinski definition) is 3. The van der Waals surface area contributed by atoms with Crippen LogP contribution in [0.1, 0.15) is 19.2 Å². The zero-order valence-corrected chi connectivity index (χ0v) is 11.2. The fraction of sp³-hybridized carbons (Fsp3) is 0.636. The van der Waals surface area contributed by atoms with Crippen molar-refractivity contribution in [2.75, 3.05) is 13.1 Å². The number of amides is 2.